The van der Waals surface area contributed by atoms with Gasteiger partial charge in [0.1, 0.15) is 5.82 Å². The number of rotatable bonds is 3. The Hall–Kier alpha value is -0.900. The summed E-state index contributed by atoms with van der Waals surface area (Å²) in [5.74, 6) is -0.339. The molecule has 1 aromatic carbocycles. The summed E-state index contributed by atoms with van der Waals surface area (Å²) < 4.78 is 13.4. The minimum atomic E-state index is -0.426. The van der Waals surface area contributed by atoms with Crippen molar-refractivity contribution in [2.45, 2.75) is 26.8 Å². The van der Waals surface area contributed by atoms with Gasteiger partial charge in [0, 0.05) is 6.04 Å². The summed E-state index contributed by atoms with van der Waals surface area (Å²) in [5.41, 5.74) is 0.326. The van der Waals surface area contributed by atoms with Crippen LogP contribution in [0.4, 0.5) is 4.39 Å². The number of nitrogens with one attached hydrogen (secondary N) is 1. The van der Waals surface area contributed by atoms with Crippen molar-refractivity contribution in [3.63, 3.8) is 0 Å². The predicted octanol–water partition coefficient (Wildman–Crippen LogP) is 3.36. The first kappa shape index (κ1) is 13.2. The second-order valence-electron chi connectivity index (χ2n) is 4.11. The molecular weight excluding hydrogens is 273 g/mol. The normalized spacial score (nSPS) is 12.6. The van der Waals surface area contributed by atoms with Crippen LogP contribution in [0.25, 0.3) is 0 Å². The van der Waals surface area contributed by atoms with Crippen LogP contribution in [0.3, 0.4) is 0 Å². The SMILES string of the molecule is CC(C)C(C)NC(=O)c1cccc(F)c1Br. The molecule has 1 aromatic rings. The molecule has 0 aromatic heterocycles. The summed E-state index contributed by atoms with van der Waals surface area (Å²) in [6.45, 7) is 5.97. The Morgan fingerprint density at radius 2 is 2.00 bits per heavy atom. The Morgan fingerprint density at radius 3 is 2.56 bits per heavy atom. The van der Waals surface area contributed by atoms with Gasteiger partial charge >= 0.3 is 0 Å². The van der Waals surface area contributed by atoms with Crippen LogP contribution in [-0.4, -0.2) is 11.9 Å². The molecule has 0 spiro atoms. The molecule has 0 aliphatic rings. The summed E-state index contributed by atoms with van der Waals surface area (Å²) >= 11 is 3.07. The second-order valence-corrected chi connectivity index (χ2v) is 4.90. The van der Waals surface area contributed by atoms with E-state index in [0.29, 0.717) is 11.5 Å². The van der Waals surface area contributed by atoms with Crippen molar-refractivity contribution in [1.29, 1.82) is 0 Å². The number of hydrogen-bond donors (Lipinski definition) is 1. The highest BCUT2D eigenvalue weighted by Crippen LogP contribution is 2.20. The van der Waals surface area contributed by atoms with Gasteiger partial charge in [-0.2, -0.15) is 0 Å². The number of carbonyl (C=O) groups is 1. The molecular formula is C12H15BrFNO. The molecule has 0 saturated carbocycles. The maximum absolute atomic E-state index is 13.2. The molecule has 1 amide bonds. The maximum atomic E-state index is 13.2. The van der Waals surface area contributed by atoms with E-state index in [0.717, 1.165) is 0 Å². The van der Waals surface area contributed by atoms with Gasteiger partial charge < -0.3 is 5.32 Å². The fourth-order valence-electron chi connectivity index (χ4n) is 1.13. The summed E-state index contributed by atoms with van der Waals surface area (Å²) in [6.07, 6.45) is 0. The van der Waals surface area contributed by atoms with Gasteiger partial charge in [-0.25, -0.2) is 4.39 Å². The third kappa shape index (κ3) is 3.04. The van der Waals surface area contributed by atoms with Crippen molar-refractivity contribution in [3.05, 3.63) is 34.1 Å². The zero-order valence-electron chi connectivity index (χ0n) is 9.55. The zero-order chi connectivity index (χ0) is 12.3. The third-order valence-electron chi connectivity index (χ3n) is 2.55. The van der Waals surface area contributed by atoms with Crippen molar-refractivity contribution in [2.75, 3.05) is 0 Å². The number of halogens is 2. The number of benzene rings is 1. The smallest absolute Gasteiger partial charge is 0.252 e. The van der Waals surface area contributed by atoms with Crippen LogP contribution in [-0.2, 0) is 0 Å². The predicted molar refractivity (Wildman–Crippen MR) is 65.9 cm³/mol. The number of amides is 1. The highest BCUT2D eigenvalue weighted by atomic mass is 79.9. The Balaban J connectivity index is 2.85. The average molecular weight is 288 g/mol. The van der Waals surface area contributed by atoms with E-state index in [1.54, 1.807) is 6.07 Å². The lowest BCUT2D eigenvalue weighted by Crippen LogP contribution is -2.36. The molecule has 0 saturated heterocycles. The minimum absolute atomic E-state index is 0.0580. The zero-order valence-corrected chi connectivity index (χ0v) is 11.1. The van der Waals surface area contributed by atoms with Crippen LogP contribution in [0.5, 0.6) is 0 Å². The van der Waals surface area contributed by atoms with E-state index in [4.69, 9.17) is 0 Å². The molecule has 0 aliphatic carbocycles. The lowest BCUT2D eigenvalue weighted by molar-refractivity contribution is 0.0929. The lowest BCUT2D eigenvalue weighted by atomic mass is 10.1. The van der Waals surface area contributed by atoms with Gasteiger partial charge in [0.05, 0.1) is 10.0 Å². The largest absolute Gasteiger partial charge is 0.349 e. The Morgan fingerprint density at radius 1 is 1.38 bits per heavy atom. The molecule has 0 aliphatic heterocycles. The maximum Gasteiger partial charge on any atom is 0.252 e. The molecule has 88 valence electrons. The van der Waals surface area contributed by atoms with Crippen molar-refractivity contribution in [2.24, 2.45) is 5.92 Å². The van der Waals surface area contributed by atoms with Gasteiger partial charge in [-0.05, 0) is 40.9 Å². The van der Waals surface area contributed by atoms with E-state index in [2.05, 4.69) is 21.2 Å². The molecule has 16 heavy (non-hydrogen) atoms. The Bertz CT molecular complexity index is 393. The standard InChI is InChI=1S/C12H15BrFNO/c1-7(2)8(3)15-12(16)9-5-4-6-10(14)11(9)13/h4-8H,1-3H3,(H,15,16). The lowest BCUT2D eigenvalue weighted by Gasteiger charge is -2.17. The number of carbonyl (C=O) groups excluding carboxylic acids is 1. The molecule has 2 nitrogen and oxygen atoms in total. The summed E-state index contributed by atoms with van der Waals surface area (Å²) in [4.78, 5) is 11.8. The molecule has 1 rings (SSSR count). The first-order valence-electron chi connectivity index (χ1n) is 5.18. The van der Waals surface area contributed by atoms with Crippen molar-refractivity contribution in [3.8, 4) is 0 Å². The fourth-order valence-corrected chi connectivity index (χ4v) is 1.57. The van der Waals surface area contributed by atoms with Crippen LogP contribution < -0.4 is 5.32 Å². The van der Waals surface area contributed by atoms with E-state index >= 15 is 0 Å². The molecule has 1 unspecified atom stereocenters. The molecule has 0 fully saturated rings. The number of hydrogen-bond acceptors (Lipinski definition) is 1. The second kappa shape index (κ2) is 5.43. The molecule has 1 atom stereocenters. The Kier molecular flexibility index (Phi) is 4.47. The quantitative estimate of drug-likeness (QED) is 0.907. The van der Waals surface area contributed by atoms with Crippen molar-refractivity contribution in [1.82, 2.24) is 5.32 Å². The van der Waals surface area contributed by atoms with E-state index in [-0.39, 0.29) is 16.4 Å². The van der Waals surface area contributed by atoms with E-state index in [9.17, 15) is 9.18 Å². The van der Waals surface area contributed by atoms with Gasteiger partial charge in [-0.3, -0.25) is 4.79 Å². The topological polar surface area (TPSA) is 29.1 Å². The van der Waals surface area contributed by atoms with E-state index in [1.165, 1.54) is 12.1 Å². The first-order valence-corrected chi connectivity index (χ1v) is 5.97. The molecule has 1 N–H and O–H groups in total. The molecule has 0 bridgehead atoms. The van der Waals surface area contributed by atoms with Crippen molar-refractivity contribution < 1.29 is 9.18 Å². The summed E-state index contributed by atoms with van der Waals surface area (Å²) in [7, 11) is 0. The highest BCUT2D eigenvalue weighted by Gasteiger charge is 2.16. The van der Waals surface area contributed by atoms with Crippen LogP contribution in [0.1, 0.15) is 31.1 Å². The summed E-state index contributed by atoms with van der Waals surface area (Å²) in [6, 6.07) is 4.49. The van der Waals surface area contributed by atoms with E-state index in [1.807, 2.05) is 20.8 Å². The average Bonchev–Trinajstić information content (AvgIpc) is 2.21. The monoisotopic (exact) mass is 287 g/mol. The Labute approximate surface area is 103 Å². The molecule has 4 heteroatoms. The van der Waals surface area contributed by atoms with Crippen LogP contribution in [0.15, 0.2) is 22.7 Å². The minimum Gasteiger partial charge on any atom is -0.349 e. The highest BCUT2D eigenvalue weighted by molar-refractivity contribution is 9.10. The van der Waals surface area contributed by atoms with Crippen LogP contribution >= 0.6 is 15.9 Å². The van der Waals surface area contributed by atoms with Crippen molar-refractivity contribution >= 4 is 21.8 Å². The van der Waals surface area contributed by atoms with Gasteiger partial charge in [0.15, 0.2) is 0 Å². The van der Waals surface area contributed by atoms with Gasteiger partial charge in [0.25, 0.3) is 5.91 Å². The van der Waals surface area contributed by atoms with Crippen LogP contribution in [0, 0.1) is 11.7 Å². The summed E-state index contributed by atoms with van der Waals surface area (Å²) in [5, 5.41) is 2.83. The molecule has 0 radical (unpaired) electrons. The van der Waals surface area contributed by atoms with E-state index < -0.39 is 5.82 Å². The van der Waals surface area contributed by atoms with Gasteiger partial charge in [-0.15, -0.1) is 0 Å². The van der Waals surface area contributed by atoms with Gasteiger partial charge in [0.2, 0.25) is 0 Å². The molecule has 0 heterocycles. The van der Waals surface area contributed by atoms with Gasteiger partial charge in [-0.1, -0.05) is 19.9 Å². The fraction of sp³-hybridized carbons (Fsp3) is 0.417. The first-order chi connectivity index (χ1) is 7.43. The third-order valence-corrected chi connectivity index (χ3v) is 3.36. The van der Waals surface area contributed by atoms with Crippen LogP contribution in [0.2, 0.25) is 0 Å².